The molecule has 0 aromatic heterocycles. The van der Waals surface area contributed by atoms with Gasteiger partial charge in [0.15, 0.2) is 0 Å². The number of rotatable bonds is 7. The van der Waals surface area contributed by atoms with Gasteiger partial charge in [-0.3, -0.25) is 9.52 Å². The average Bonchev–Trinajstić information content (AvgIpc) is 2.74. The van der Waals surface area contributed by atoms with Gasteiger partial charge >= 0.3 is 0 Å². The molecule has 0 aliphatic rings. The third-order valence-corrected chi connectivity index (χ3v) is 6.25. The van der Waals surface area contributed by atoms with E-state index in [4.69, 9.17) is 4.74 Å². The van der Waals surface area contributed by atoms with Crippen molar-refractivity contribution in [3.05, 3.63) is 83.4 Å². The van der Waals surface area contributed by atoms with Gasteiger partial charge in [0.1, 0.15) is 5.75 Å². The summed E-state index contributed by atoms with van der Waals surface area (Å²) in [6, 6.07) is 18.9. The van der Waals surface area contributed by atoms with Gasteiger partial charge in [0, 0.05) is 11.3 Å². The minimum atomic E-state index is -3.93. The van der Waals surface area contributed by atoms with Crippen molar-refractivity contribution < 1.29 is 17.9 Å². The minimum absolute atomic E-state index is 0.0323. The smallest absolute Gasteiger partial charge is 0.262 e. The van der Waals surface area contributed by atoms with E-state index in [0.29, 0.717) is 22.7 Å². The van der Waals surface area contributed by atoms with Crippen molar-refractivity contribution in [2.24, 2.45) is 0 Å². The molecule has 0 radical (unpaired) electrons. The number of aryl methyl sites for hydroxylation is 2. The van der Waals surface area contributed by atoms with Gasteiger partial charge in [-0.15, -0.1) is 0 Å². The van der Waals surface area contributed by atoms with E-state index >= 15 is 0 Å². The van der Waals surface area contributed by atoms with E-state index in [9.17, 15) is 13.2 Å². The Bertz CT molecular complexity index is 1170. The Hall–Kier alpha value is -3.32. The van der Waals surface area contributed by atoms with Crippen LogP contribution in [0.5, 0.6) is 5.75 Å². The van der Waals surface area contributed by atoms with Crippen LogP contribution >= 0.6 is 0 Å². The van der Waals surface area contributed by atoms with Crippen molar-refractivity contribution in [3.8, 4) is 5.75 Å². The van der Waals surface area contributed by atoms with E-state index < -0.39 is 10.0 Å². The number of carbonyl (C=O) groups excluding carboxylic acids is 1. The molecule has 3 aromatic rings. The number of nitrogens with one attached hydrogen (secondary N) is 2. The number of amides is 1. The van der Waals surface area contributed by atoms with Crippen LogP contribution in [0.1, 0.15) is 28.4 Å². The lowest BCUT2D eigenvalue weighted by Gasteiger charge is -2.14. The molecule has 7 heteroatoms. The summed E-state index contributed by atoms with van der Waals surface area (Å²) in [5.41, 5.74) is 2.83. The van der Waals surface area contributed by atoms with Gasteiger partial charge in [-0.05, 0) is 54.8 Å². The number of hydrogen-bond donors (Lipinski definition) is 2. The number of hydrogen-bond acceptors (Lipinski definition) is 4. The minimum Gasteiger partial charge on any atom is -0.495 e. The van der Waals surface area contributed by atoms with Crippen LogP contribution in [0.2, 0.25) is 0 Å². The zero-order valence-corrected chi connectivity index (χ0v) is 17.9. The van der Waals surface area contributed by atoms with E-state index in [2.05, 4.69) is 10.0 Å². The lowest BCUT2D eigenvalue weighted by Crippen LogP contribution is -2.18. The van der Waals surface area contributed by atoms with E-state index in [1.165, 1.54) is 13.2 Å². The van der Waals surface area contributed by atoms with E-state index in [1.807, 2.05) is 31.2 Å². The van der Waals surface area contributed by atoms with Crippen LogP contribution in [-0.2, 0) is 16.4 Å². The summed E-state index contributed by atoms with van der Waals surface area (Å²) in [5, 5.41) is 2.87. The molecular weight excluding hydrogens is 400 g/mol. The maximum absolute atomic E-state index is 13.0. The molecule has 3 aromatic carbocycles. The van der Waals surface area contributed by atoms with Gasteiger partial charge in [-0.25, -0.2) is 8.42 Å². The van der Waals surface area contributed by atoms with Crippen LogP contribution in [0.25, 0.3) is 0 Å². The summed E-state index contributed by atoms with van der Waals surface area (Å²) >= 11 is 0. The Kier molecular flexibility index (Phi) is 6.42. The first-order valence-corrected chi connectivity index (χ1v) is 11.0. The Morgan fingerprint density at radius 3 is 2.33 bits per heavy atom. The molecule has 0 heterocycles. The highest BCUT2D eigenvalue weighted by Crippen LogP contribution is 2.28. The maximum Gasteiger partial charge on any atom is 0.262 e. The highest BCUT2D eigenvalue weighted by atomic mass is 32.2. The van der Waals surface area contributed by atoms with Crippen LogP contribution in [-0.4, -0.2) is 21.4 Å². The lowest BCUT2D eigenvalue weighted by atomic mass is 10.1. The summed E-state index contributed by atoms with van der Waals surface area (Å²) in [6.07, 6.45) is 0.771. The topological polar surface area (TPSA) is 84.5 Å². The fourth-order valence-corrected chi connectivity index (χ4v) is 4.45. The van der Waals surface area contributed by atoms with Gasteiger partial charge in [-0.1, -0.05) is 43.3 Å². The first-order chi connectivity index (χ1) is 14.4. The van der Waals surface area contributed by atoms with Gasteiger partial charge in [0.2, 0.25) is 0 Å². The van der Waals surface area contributed by atoms with Crippen molar-refractivity contribution in [2.75, 3.05) is 17.1 Å². The van der Waals surface area contributed by atoms with Crippen molar-refractivity contribution in [1.29, 1.82) is 0 Å². The zero-order chi connectivity index (χ0) is 21.7. The number of benzene rings is 3. The molecule has 0 saturated heterocycles. The molecule has 0 unspecified atom stereocenters. The first-order valence-electron chi connectivity index (χ1n) is 9.51. The molecule has 0 aliphatic heterocycles. The second-order valence-corrected chi connectivity index (χ2v) is 8.40. The third-order valence-electron chi connectivity index (χ3n) is 4.74. The maximum atomic E-state index is 13.0. The fraction of sp³-hybridized carbons (Fsp3) is 0.174. The normalized spacial score (nSPS) is 11.0. The molecule has 0 fully saturated rings. The number of methoxy groups -OCH3 is 1. The summed E-state index contributed by atoms with van der Waals surface area (Å²) in [4.78, 5) is 12.8. The molecule has 6 nitrogen and oxygen atoms in total. The third kappa shape index (κ3) is 4.63. The van der Waals surface area contributed by atoms with E-state index in [1.54, 1.807) is 43.3 Å². The van der Waals surface area contributed by atoms with Gasteiger partial charge in [0.05, 0.1) is 17.7 Å². The number of anilines is 2. The second-order valence-electron chi connectivity index (χ2n) is 6.75. The fourth-order valence-electron chi connectivity index (χ4n) is 3.10. The Morgan fingerprint density at radius 2 is 1.63 bits per heavy atom. The molecule has 156 valence electrons. The summed E-state index contributed by atoms with van der Waals surface area (Å²) in [5.74, 6) is 0.0356. The van der Waals surface area contributed by atoms with Crippen molar-refractivity contribution in [3.63, 3.8) is 0 Å². The lowest BCUT2D eigenvalue weighted by molar-refractivity contribution is 0.102. The highest BCUT2D eigenvalue weighted by molar-refractivity contribution is 7.92. The number of carbonyl (C=O) groups is 1. The average molecular weight is 425 g/mol. The molecule has 1 amide bonds. The number of sulfonamides is 1. The van der Waals surface area contributed by atoms with Gasteiger partial charge in [0.25, 0.3) is 15.9 Å². The van der Waals surface area contributed by atoms with Crippen molar-refractivity contribution in [1.82, 2.24) is 0 Å². The zero-order valence-electron chi connectivity index (χ0n) is 17.1. The van der Waals surface area contributed by atoms with Crippen molar-refractivity contribution >= 4 is 27.3 Å². The molecule has 0 aliphatic carbocycles. The Balaban J connectivity index is 1.91. The standard InChI is InChI=1S/C23H24N2O4S/c1-4-17-9-5-6-10-19(17)24-23(26)18-14-13-16(2)22(15-18)30(27,28)25-20-11-7-8-12-21(20)29-3/h5-15,25H,4H2,1-3H3,(H,24,26). The Labute approximate surface area is 177 Å². The van der Waals surface area contributed by atoms with Gasteiger partial charge in [-0.2, -0.15) is 0 Å². The molecule has 30 heavy (non-hydrogen) atoms. The predicted molar refractivity (Wildman–Crippen MR) is 119 cm³/mol. The first kappa shape index (κ1) is 21.4. The molecule has 0 saturated carbocycles. The molecule has 0 atom stereocenters. The molecule has 0 bridgehead atoms. The highest BCUT2D eigenvalue weighted by Gasteiger charge is 2.21. The van der Waals surface area contributed by atoms with E-state index in [0.717, 1.165) is 12.0 Å². The predicted octanol–water partition coefficient (Wildman–Crippen LogP) is 4.62. The number of para-hydroxylation sites is 3. The number of ether oxygens (including phenoxy) is 1. The molecule has 3 rings (SSSR count). The SMILES string of the molecule is CCc1ccccc1NC(=O)c1ccc(C)c(S(=O)(=O)Nc2ccccc2OC)c1. The Morgan fingerprint density at radius 1 is 0.967 bits per heavy atom. The molecular formula is C23H24N2O4S. The molecule has 2 N–H and O–H groups in total. The van der Waals surface area contributed by atoms with Crippen LogP contribution in [0.4, 0.5) is 11.4 Å². The largest absolute Gasteiger partial charge is 0.495 e. The summed E-state index contributed by atoms with van der Waals surface area (Å²) in [6.45, 7) is 3.69. The van der Waals surface area contributed by atoms with Gasteiger partial charge < -0.3 is 10.1 Å². The summed E-state index contributed by atoms with van der Waals surface area (Å²) in [7, 11) is -2.46. The quantitative estimate of drug-likeness (QED) is 0.580. The van der Waals surface area contributed by atoms with Crippen LogP contribution in [0, 0.1) is 6.92 Å². The van der Waals surface area contributed by atoms with Crippen LogP contribution in [0.15, 0.2) is 71.6 Å². The molecule has 0 spiro atoms. The van der Waals surface area contributed by atoms with Crippen molar-refractivity contribution in [2.45, 2.75) is 25.2 Å². The summed E-state index contributed by atoms with van der Waals surface area (Å²) < 4.78 is 33.8. The van der Waals surface area contributed by atoms with Crippen LogP contribution < -0.4 is 14.8 Å². The monoisotopic (exact) mass is 424 g/mol. The van der Waals surface area contributed by atoms with Crippen LogP contribution in [0.3, 0.4) is 0 Å². The second kappa shape index (κ2) is 9.00. The van der Waals surface area contributed by atoms with E-state index in [-0.39, 0.29) is 16.4 Å².